The van der Waals surface area contributed by atoms with Crippen molar-refractivity contribution in [3.05, 3.63) is 54.1 Å². The molecule has 0 aliphatic heterocycles. The number of rotatable bonds is 4. The molecule has 8 heteroatoms. The summed E-state index contributed by atoms with van der Waals surface area (Å²) in [5, 5.41) is 10.4. The molecule has 0 atom stereocenters. The normalized spacial score (nSPS) is 12.0. The first-order valence-corrected chi connectivity index (χ1v) is 9.05. The second-order valence-corrected chi connectivity index (χ2v) is 7.89. The van der Waals surface area contributed by atoms with E-state index in [0.29, 0.717) is 11.3 Å². The highest BCUT2D eigenvalue weighted by Crippen LogP contribution is 2.33. The van der Waals surface area contributed by atoms with E-state index in [-0.39, 0.29) is 17.1 Å². The van der Waals surface area contributed by atoms with Crippen molar-refractivity contribution in [3.63, 3.8) is 0 Å². The Kier molecular flexibility index (Phi) is 3.97. The summed E-state index contributed by atoms with van der Waals surface area (Å²) in [4.78, 5) is 25.7. The van der Waals surface area contributed by atoms with Gasteiger partial charge in [0.15, 0.2) is 0 Å². The summed E-state index contributed by atoms with van der Waals surface area (Å²) in [7, 11) is 0. The quantitative estimate of drug-likeness (QED) is 0.324. The first kappa shape index (κ1) is 18.7. The maximum absolute atomic E-state index is 12.3. The summed E-state index contributed by atoms with van der Waals surface area (Å²) in [6.07, 6.45) is 0. The zero-order valence-electron chi connectivity index (χ0n) is 16.6. The van der Waals surface area contributed by atoms with Crippen molar-refractivity contribution < 1.29 is 24.2 Å². The number of hydrogen-bond donors (Lipinski definition) is 1. The standard InChI is InChI=1S/C21H21N3O5/c1-12(2)19(26)28-14-7-9-16(18(25)11-14)23-22-15-8-6-13(10-17(15)24(22)23)20(27)29-21(3,4)5/h6-11,25H,1H2,2-5H3. The average Bonchev–Trinajstić information content (AvgIpc) is 3.26. The molecule has 0 aliphatic rings. The molecule has 0 saturated heterocycles. The van der Waals surface area contributed by atoms with Crippen LogP contribution in [0.25, 0.3) is 16.7 Å². The van der Waals surface area contributed by atoms with Crippen LogP contribution in [-0.4, -0.2) is 36.7 Å². The predicted molar refractivity (Wildman–Crippen MR) is 106 cm³/mol. The Balaban J connectivity index is 1.63. The third kappa shape index (κ3) is 3.22. The van der Waals surface area contributed by atoms with Gasteiger partial charge in [-0.3, -0.25) is 0 Å². The van der Waals surface area contributed by atoms with Gasteiger partial charge in [-0.25, -0.2) is 9.59 Å². The van der Waals surface area contributed by atoms with Gasteiger partial charge in [0.2, 0.25) is 0 Å². The predicted octanol–water partition coefficient (Wildman–Crippen LogP) is 3.56. The summed E-state index contributed by atoms with van der Waals surface area (Å²) in [5.74, 6) is -0.773. The number of aromatic nitrogens is 3. The summed E-state index contributed by atoms with van der Waals surface area (Å²) in [6.45, 7) is 10.5. The third-order valence-corrected chi connectivity index (χ3v) is 4.27. The average molecular weight is 395 g/mol. The third-order valence-electron chi connectivity index (χ3n) is 4.27. The van der Waals surface area contributed by atoms with Gasteiger partial charge in [-0.05, 0) is 58.0 Å². The molecular formula is C21H21N3O5. The van der Waals surface area contributed by atoms with Gasteiger partial charge in [0.1, 0.15) is 33.8 Å². The molecule has 0 radical (unpaired) electrons. The van der Waals surface area contributed by atoms with E-state index in [9.17, 15) is 14.7 Å². The fourth-order valence-electron chi connectivity index (χ4n) is 2.94. The number of esters is 2. The summed E-state index contributed by atoms with van der Waals surface area (Å²) < 4.78 is 14.2. The summed E-state index contributed by atoms with van der Waals surface area (Å²) >= 11 is 0. The van der Waals surface area contributed by atoms with Crippen molar-refractivity contribution >= 4 is 23.0 Å². The van der Waals surface area contributed by atoms with Crippen molar-refractivity contribution in [2.24, 2.45) is 0 Å². The zero-order chi connectivity index (χ0) is 21.1. The minimum Gasteiger partial charge on any atom is -0.505 e. The van der Waals surface area contributed by atoms with E-state index < -0.39 is 17.5 Å². The van der Waals surface area contributed by atoms with Crippen LogP contribution in [0.3, 0.4) is 0 Å². The molecule has 150 valence electrons. The fraction of sp³-hybridized carbons (Fsp3) is 0.238. The van der Waals surface area contributed by atoms with E-state index in [2.05, 4.69) is 6.58 Å². The van der Waals surface area contributed by atoms with E-state index in [0.717, 1.165) is 11.0 Å². The van der Waals surface area contributed by atoms with Crippen LogP contribution in [0.1, 0.15) is 38.1 Å². The van der Waals surface area contributed by atoms with Gasteiger partial charge in [0.25, 0.3) is 0 Å². The monoisotopic (exact) mass is 395 g/mol. The Bertz CT molecular complexity index is 1270. The van der Waals surface area contributed by atoms with Crippen LogP contribution in [0, 0.1) is 0 Å². The second-order valence-electron chi connectivity index (χ2n) is 7.89. The fourth-order valence-corrected chi connectivity index (χ4v) is 2.94. The molecule has 0 fully saturated rings. The van der Waals surface area contributed by atoms with Crippen LogP contribution in [0.2, 0.25) is 0 Å². The van der Waals surface area contributed by atoms with Crippen molar-refractivity contribution in [2.45, 2.75) is 33.3 Å². The molecule has 0 saturated carbocycles. The molecule has 0 spiro atoms. The number of phenolic OH excluding ortho intramolecular Hbond substituents is 1. The number of nitrogens with zero attached hydrogens (tertiary/aromatic N) is 3. The maximum Gasteiger partial charge on any atom is 0.338 e. The largest absolute Gasteiger partial charge is 0.505 e. The number of hydrogen-bond acceptors (Lipinski definition) is 5. The molecule has 1 N–H and O–H groups in total. The minimum absolute atomic E-state index is 0.0512. The molecule has 29 heavy (non-hydrogen) atoms. The summed E-state index contributed by atoms with van der Waals surface area (Å²) in [5.41, 5.74) is 2.39. The lowest BCUT2D eigenvalue weighted by Crippen LogP contribution is -2.23. The van der Waals surface area contributed by atoms with Gasteiger partial charge in [-0.1, -0.05) is 6.58 Å². The van der Waals surface area contributed by atoms with Gasteiger partial charge in [-0.2, -0.15) is 0 Å². The number of carbonyl (C=O) groups is 2. The van der Waals surface area contributed by atoms with Gasteiger partial charge in [0.05, 0.1) is 5.56 Å². The lowest BCUT2D eigenvalue weighted by Gasteiger charge is -2.19. The molecule has 4 rings (SSSR count). The van der Waals surface area contributed by atoms with Crippen molar-refractivity contribution in [1.29, 1.82) is 0 Å². The second kappa shape index (κ2) is 6.16. The molecular weight excluding hydrogens is 374 g/mol. The first-order chi connectivity index (χ1) is 13.6. The molecule has 8 nitrogen and oxygen atoms in total. The van der Waals surface area contributed by atoms with Crippen molar-refractivity contribution in [3.8, 4) is 17.2 Å². The molecule has 0 aliphatic carbocycles. The van der Waals surface area contributed by atoms with Gasteiger partial charge in [0, 0.05) is 11.6 Å². The highest BCUT2D eigenvalue weighted by molar-refractivity contribution is 5.95. The van der Waals surface area contributed by atoms with Gasteiger partial charge in [-0.15, -0.1) is 14.1 Å². The molecule has 4 aromatic rings. The Morgan fingerprint density at radius 2 is 1.72 bits per heavy atom. The topological polar surface area (TPSA) is 86.6 Å². The molecule has 2 aromatic carbocycles. The minimum atomic E-state index is -0.570. The van der Waals surface area contributed by atoms with Crippen LogP contribution in [0.4, 0.5) is 0 Å². The number of aromatic hydroxyl groups is 1. The number of fused-ring (bicyclic) bond motifs is 4. The van der Waals surface area contributed by atoms with Crippen molar-refractivity contribution in [1.82, 2.24) is 14.1 Å². The highest BCUT2D eigenvalue weighted by atomic mass is 16.6. The summed E-state index contributed by atoms with van der Waals surface area (Å²) in [6, 6.07) is 9.88. The van der Waals surface area contributed by atoms with Gasteiger partial charge >= 0.3 is 11.9 Å². The van der Waals surface area contributed by atoms with Gasteiger partial charge < -0.3 is 14.6 Å². The van der Waals surface area contributed by atoms with Crippen LogP contribution in [-0.2, 0) is 9.53 Å². The lowest BCUT2D eigenvalue weighted by molar-refractivity contribution is -0.130. The molecule has 2 heterocycles. The smallest absolute Gasteiger partial charge is 0.338 e. The van der Waals surface area contributed by atoms with E-state index in [4.69, 9.17) is 9.47 Å². The Hall–Kier alpha value is -3.68. The molecule has 0 bridgehead atoms. The molecule has 0 unspecified atom stereocenters. The Morgan fingerprint density at radius 1 is 1.03 bits per heavy atom. The zero-order valence-corrected chi connectivity index (χ0v) is 16.6. The number of carbonyl (C=O) groups excluding carboxylic acids is 2. The van der Waals surface area contributed by atoms with E-state index in [1.807, 2.05) is 31.5 Å². The number of phenols is 1. The molecule has 2 aromatic heterocycles. The Labute approximate surface area is 166 Å². The van der Waals surface area contributed by atoms with Crippen LogP contribution in [0.15, 0.2) is 48.6 Å². The van der Waals surface area contributed by atoms with Crippen LogP contribution in [0.5, 0.6) is 11.5 Å². The van der Waals surface area contributed by atoms with Crippen LogP contribution < -0.4 is 4.74 Å². The number of ether oxygens (including phenoxy) is 2. The molecule has 0 amide bonds. The van der Waals surface area contributed by atoms with E-state index >= 15 is 0 Å². The maximum atomic E-state index is 12.3. The number of benzene rings is 2. The lowest BCUT2D eigenvalue weighted by atomic mass is 10.1. The Morgan fingerprint density at radius 3 is 2.34 bits per heavy atom. The van der Waals surface area contributed by atoms with E-state index in [1.165, 1.54) is 6.07 Å². The first-order valence-electron chi connectivity index (χ1n) is 9.05. The highest BCUT2D eigenvalue weighted by Gasteiger charge is 2.27. The van der Waals surface area contributed by atoms with E-state index in [1.54, 1.807) is 40.6 Å². The SMILES string of the molecule is C=C(C)C(=O)Oc1ccc(-n2n3c4ccc(C(=O)OC(C)(C)C)cc4n23)c(O)c1. The van der Waals surface area contributed by atoms with Crippen LogP contribution >= 0.6 is 0 Å². The van der Waals surface area contributed by atoms with Crippen molar-refractivity contribution in [2.75, 3.05) is 0 Å².